The predicted molar refractivity (Wildman–Crippen MR) is 92.8 cm³/mol. The third-order valence-corrected chi connectivity index (χ3v) is 5.37. The smallest absolute Gasteiger partial charge is 0.0923 e. The molecule has 0 aromatic heterocycles. The van der Waals surface area contributed by atoms with Crippen molar-refractivity contribution in [1.29, 1.82) is 0 Å². The van der Waals surface area contributed by atoms with E-state index in [1.165, 1.54) is 11.1 Å². The molecular weight excluding hydrogens is 272 g/mol. The Morgan fingerprint density at radius 2 is 1.95 bits per heavy atom. The Labute approximate surface area is 136 Å². The van der Waals surface area contributed by atoms with Gasteiger partial charge in [0.05, 0.1) is 18.3 Å². The summed E-state index contributed by atoms with van der Waals surface area (Å²) in [5.41, 5.74) is 3.96. The van der Waals surface area contributed by atoms with Crippen LogP contribution in [0, 0.1) is 5.92 Å². The molecule has 2 aliphatic rings. The molecule has 0 bridgehead atoms. The van der Waals surface area contributed by atoms with E-state index in [4.69, 9.17) is 4.74 Å². The molecule has 1 aliphatic heterocycles. The molecule has 0 aromatic rings. The zero-order valence-electron chi connectivity index (χ0n) is 14.5. The predicted octanol–water partition coefficient (Wildman–Crippen LogP) is 4.95. The maximum atomic E-state index is 9.45. The van der Waals surface area contributed by atoms with Crippen LogP contribution in [0.4, 0.5) is 0 Å². The molecular formula is C20H32O2. The third kappa shape index (κ3) is 4.82. The minimum Gasteiger partial charge on any atom is -0.392 e. The van der Waals surface area contributed by atoms with E-state index in [2.05, 4.69) is 39.5 Å². The first-order valence-corrected chi connectivity index (χ1v) is 8.72. The third-order valence-electron chi connectivity index (χ3n) is 5.37. The molecule has 0 radical (unpaired) electrons. The maximum absolute atomic E-state index is 9.45. The van der Waals surface area contributed by atoms with Crippen LogP contribution in [-0.2, 0) is 4.74 Å². The van der Waals surface area contributed by atoms with Crippen molar-refractivity contribution in [3.8, 4) is 0 Å². The number of ether oxygens (including phenoxy) is 1. The molecule has 22 heavy (non-hydrogen) atoms. The molecule has 1 aliphatic carbocycles. The van der Waals surface area contributed by atoms with Crippen molar-refractivity contribution < 1.29 is 9.84 Å². The first kappa shape index (κ1) is 17.5. The van der Waals surface area contributed by atoms with Gasteiger partial charge in [0.15, 0.2) is 0 Å². The zero-order chi connectivity index (χ0) is 16.2. The van der Waals surface area contributed by atoms with Crippen molar-refractivity contribution in [2.75, 3.05) is 6.61 Å². The molecule has 3 atom stereocenters. The molecule has 0 unspecified atom stereocenters. The summed E-state index contributed by atoms with van der Waals surface area (Å²) < 4.78 is 6.00. The highest BCUT2D eigenvalue weighted by atomic mass is 16.6. The number of hydrogen-bond acceptors (Lipinski definition) is 2. The van der Waals surface area contributed by atoms with E-state index in [1.807, 2.05) is 0 Å². The van der Waals surface area contributed by atoms with Crippen molar-refractivity contribution in [2.24, 2.45) is 5.92 Å². The van der Waals surface area contributed by atoms with Gasteiger partial charge in [-0.1, -0.05) is 29.9 Å². The number of epoxide rings is 1. The van der Waals surface area contributed by atoms with Gasteiger partial charge in [0.1, 0.15) is 0 Å². The topological polar surface area (TPSA) is 32.8 Å². The van der Waals surface area contributed by atoms with Gasteiger partial charge in [-0.15, -0.1) is 0 Å². The lowest BCUT2D eigenvalue weighted by molar-refractivity contribution is 0.279. The molecule has 1 N–H and O–H groups in total. The highest BCUT2D eigenvalue weighted by molar-refractivity contribution is 5.11. The van der Waals surface area contributed by atoms with Crippen LogP contribution in [0.2, 0.25) is 0 Å². The Kier molecular flexibility index (Phi) is 6.05. The summed E-state index contributed by atoms with van der Waals surface area (Å²) in [6.45, 7) is 10.9. The summed E-state index contributed by atoms with van der Waals surface area (Å²) in [5, 5.41) is 9.45. The number of fused-ring (bicyclic) bond motifs is 1. The van der Waals surface area contributed by atoms with Crippen LogP contribution in [-0.4, -0.2) is 23.4 Å². The maximum Gasteiger partial charge on any atom is 0.0923 e. The Hall–Kier alpha value is -0.860. The van der Waals surface area contributed by atoms with E-state index in [-0.39, 0.29) is 12.2 Å². The SMILES string of the molecule is C=C(CO)[C@H]1CC/C(C)=C/CC/C(C)=C/CC[C@@]2(C)O[C@H]2C1. The molecule has 0 amide bonds. The number of aliphatic hydroxyl groups is 1. The van der Waals surface area contributed by atoms with E-state index in [1.54, 1.807) is 0 Å². The lowest BCUT2D eigenvalue weighted by Crippen LogP contribution is -2.16. The molecule has 2 heteroatoms. The standard InChI is InChI=1S/C20H32O2/c1-15-7-5-8-16(2)10-11-18(17(3)14-21)13-19-20(4,22-19)12-6-9-15/h8-9,18-19,21H,3,5-7,10-14H2,1-2,4H3/b15-9+,16-8+/t18-,19-,20+/m0/s1. The van der Waals surface area contributed by atoms with Gasteiger partial charge in [0.25, 0.3) is 0 Å². The number of hydrogen-bond donors (Lipinski definition) is 1. The van der Waals surface area contributed by atoms with E-state index < -0.39 is 0 Å². The summed E-state index contributed by atoms with van der Waals surface area (Å²) >= 11 is 0. The molecule has 2 rings (SSSR count). The monoisotopic (exact) mass is 304 g/mol. The second kappa shape index (κ2) is 7.61. The van der Waals surface area contributed by atoms with Gasteiger partial charge < -0.3 is 9.84 Å². The number of rotatable bonds is 2. The van der Waals surface area contributed by atoms with Crippen LogP contribution in [0.25, 0.3) is 0 Å². The van der Waals surface area contributed by atoms with Crippen molar-refractivity contribution >= 4 is 0 Å². The molecule has 0 aromatic carbocycles. The van der Waals surface area contributed by atoms with Gasteiger partial charge in [-0.25, -0.2) is 0 Å². The Morgan fingerprint density at radius 1 is 1.27 bits per heavy atom. The van der Waals surface area contributed by atoms with E-state index in [0.29, 0.717) is 12.0 Å². The average Bonchev–Trinajstić information content (AvgIpc) is 3.11. The summed E-state index contributed by atoms with van der Waals surface area (Å²) in [6.07, 6.45) is 12.8. The van der Waals surface area contributed by atoms with Crippen molar-refractivity contribution in [3.63, 3.8) is 0 Å². The molecule has 0 saturated carbocycles. The second-order valence-corrected chi connectivity index (χ2v) is 7.39. The van der Waals surface area contributed by atoms with E-state index in [9.17, 15) is 5.11 Å². The molecule has 2 nitrogen and oxygen atoms in total. The Balaban J connectivity index is 2.06. The molecule has 1 saturated heterocycles. The highest BCUT2D eigenvalue weighted by Crippen LogP contribution is 2.45. The van der Waals surface area contributed by atoms with Gasteiger partial charge in [-0.05, 0) is 77.2 Å². The van der Waals surface area contributed by atoms with Crippen LogP contribution < -0.4 is 0 Å². The number of allylic oxidation sites excluding steroid dienone is 4. The summed E-state index contributed by atoms with van der Waals surface area (Å²) in [4.78, 5) is 0. The van der Waals surface area contributed by atoms with Crippen LogP contribution in [0.15, 0.2) is 35.5 Å². The van der Waals surface area contributed by atoms with E-state index in [0.717, 1.165) is 50.5 Å². The lowest BCUT2D eigenvalue weighted by atomic mass is 9.85. The fraction of sp³-hybridized carbons (Fsp3) is 0.700. The number of aliphatic hydroxyl groups excluding tert-OH is 1. The first-order chi connectivity index (χ1) is 10.4. The van der Waals surface area contributed by atoms with Crippen LogP contribution in [0.3, 0.4) is 0 Å². The minimum atomic E-state index is 0.0414. The van der Waals surface area contributed by atoms with Crippen molar-refractivity contribution in [1.82, 2.24) is 0 Å². The molecule has 0 spiro atoms. The first-order valence-electron chi connectivity index (χ1n) is 8.72. The quantitative estimate of drug-likeness (QED) is 0.578. The fourth-order valence-electron chi connectivity index (χ4n) is 3.44. The molecule has 124 valence electrons. The minimum absolute atomic E-state index is 0.0414. The van der Waals surface area contributed by atoms with Gasteiger partial charge in [-0.2, -0.15) is 0 Å². The van der Waals surface area contributed by atoms with Crippen molar-refractivity contribution in [2.45, 2.75) is 77.4 Å². The highest BCUT2D eigenvalue weighted by Gasteiger charge is 2.51. The normalized spacial score (nSPS) is 38.7. The van der Waals surface area contributed by atoms with Crippen LogP contribution in [0.1, 0.15) is 65.7 Å². The van der Waals surface area contributed by atoms with Gasteiger partial charge in [0.2, 0.25) is 0 Å². The average molecular weight is 304 g/mol. The Bertz CT molecular complexity index is 460. The Morgan fingerprint density at radius 3 is 2.68 bits per heavy atom. The lowest BCUT2D eigenvalue weighted by Gasteiger charge is -2.18. The van der Waals surface area contributed by atoms with E-state index >= 15 is 0 Å². The zero-order valence-corrected chi connectivity index (χ0v) is 14.5. The van der Waals surface area contributed by atoms with Gasteiger partial charge in [-0.3, -0.25) is 0 Å². The van der Waals surface area contributed by atoms with Crippen LogP contribution in [0.5, 0.6) is 0 Å². The summed E-state index contributed by atoms with van der Waals surface area (Å²) in [5.74, 6) is 0.375. The molecule has 1 fully saturated rings. The van der Waals surface area contributed by atoms with Gasteiger partial charge >= 0.3 is 0 Å². The largest absolute Gasteiger partial charge is 0.392 e. The van der Waals surface area contributed by atoms with Crippen LogP contribution >= 0.6 is 0 Å². The summed E-state index contributed by atoms with van der Waals surface area (Å²) in [7, 11) is 0. The fourth-order valence-corrected chi connectivity index (χ4v) is 3.44. The van der Waals surface area contributed by atoms with Gasteiger partial charge in [0, 0.05) is 0 Å². The second-order valence-electron chi connectivity index (χ2n) is 7.39. The summed E-state index contributed by atoms with van der Waals surface area (Å²) in [6, 6.07) is 0. The molecule has 1 heterocycles. The van der Waals surface area contributed by atoms with Crippen molar-refractivity contribution in [3.05, 3.63) is 35.5 Å².